The molecular weight excluding hydrogens is 228 g/mol. The third-order valence-electron chi connectivity index (χ3n) is 4.30. The molecule has 2 fully saturated rings. The Balaban J connectivity index is 2.02. The number of carbonyl (C=O) groups excluding carboxylic acids is 1. The molecule has 0 aromatic heterocycles. The van der Waals surface area contributed by atoms with Crippen molar-refractivity contribution in [2.45, 2.75) is 38.9 Å². The van der Waals surface area contributed by atoms with Crippen LogP contribution in [0, 0.1) is 5.92 Å². The second-order valence-corrected chi connectivity index (χ2v) is 6.74. The molecular formula is C14H26N2O2. The van der Waals surface area contributed by atoms with Gasteiger partial charge in [-0.25, -0.2) is 0 Å². The van der Waals surface area contributed by atoms with Crippen molar-refractivity contribution in [2.24, 2.45) is 5.92 Å². The maximum absolute atomic E-state index is 12.4. The topological polar surface area (TPSA) is 32.8 Å². The third-order valence-corrected chi connectivity index (χ3v) is 4.30. The van der Waals surface area contributed by atoms with E-state index in [-0.39, 0.29) is 17.3 Å². The number of hydrogen-bond acceptors (Lipinski definition) is 4. The molecule has 0 aliphatic carbocycles. The Morgan fingerprint density at radius 2 is 1.72 bits per heavy atom. The minimum Gasteiger partial charge on any atom is -0.361 e. The molecule has 2 aliphatic rings. The van der Waals surface area contributed by atoms with Crippen LogP contribution in [0.3, 0.4) is 0 Å². The summed E-state index contributed by atoms with van der Waals surface area (Å²) in [6.45, 7) is 13.0. The van der Waals surface area contributed by atoms with Crippen molar-refractivity contribution in [3.63, 3.8) is 0 Å². The molecule has 2 saturated heterocycles. The summed E-state index contributed by atoms with van der Waals surface area (Å²) in [6, 6.07) is 0. The molecule has 0 radical (unpaired) electrons. The normalized spacial score (nSPS) is 32.9. The lowest BCUT2D eigenvalue weighted by atomic mass is 9.85. The average Bonchev–Trinajstić information content (AvgIpc) is 2.39. The first-order chi connectivity index (χ1) is 8.22. The Kier molecular flexibility index (Phi) is 3.56. The fourth-order valence-corrected chi connectivity index (χ4v) is 3.11. The van der Waals surface area contributed by atoms with Crippen LogP contribution in [-0.2, 0) is 9.53 Å². The minimum absolute atomic E-state index is 0.00379. The number of rotatable bonds is 2. The average molecular weight is 254 g/mol. The van der Waals surface area contributed by atoms with Gasteiger partial charge in [-0.05, 0) is 34.7 Å². The SMILES string of the molecule is CN1CCN(CC2C(=O)C(C)(C)OC2(C)C)CC1. The molecule has 0 aromatic rings. The lowest BCUT2D eigenvalue weighted by Crippen LogP contribution is -2.49. The first-order valence-corrected chi connectivity index (χ1v) is 6.88. The Bertz CT molecular complexity index is 331. The monoisotopic (exact) mass is 254 g/mol. The van der Waals surface area contributed by atoms with Crippen LogP contribution in [-0.4, -0.2) is 66.6 Å². The van der Waals surface area contributed by atoms with E-state index < -0.39 is 5.60 Å². The second kappa shape index (κ2) is 4.58. The highest BCUT2D eigenvalue weighted by molar-refractivity contribution is 5.91. The predicted molar refractivity (Wildman–Crippen MR) is 71.7 cm³/mol. The van der Waals surface area contributed by atoms with Crippen molar-refractivity contribution in [1.29, 1.82) is 0 Å². The molecule has 0 amide bonds. The summed E-state index contributed by atoms with van der Waals surface area (Å²) in [7, 11) is 2.15. The van der Waals surface area contributed by atoms with Gasteiger partial charge in [0.15, 0.2) is 5.78 Å². The zero-order valence-corrected chi connectivity index (χ0v) is 12.3. The van der Waals surface area contributed by atoms with Gasteiger partial charge in [0.25, 0.3) is 0 Å². The van der Waals surface area contributed by atoms with Gasteiger partial charge < -0.3 is 9.64 Å². The van der Waals surface area contributed by atoms with E-state index in [9.17, 15) is 4.79 Å². The van der Waals surface area contributed by atoms with Crippen LogP contribution in [0.2, 0.25) is 0 Å². The Morgan fingerprint density at radius 3 is 2.17 bits per heavy atom. The van der Waals surface area contributed by atoms with Gasteiger partial charge in [0, 0.05) is 32.7 Å². The van der Waals surface area contributed by atoms with Crippen molar-refractivity contribution in [3.05, 3.63) is 0 Å². The summed E-state index contributed by atoms with van der Waals surface area (Å²) >= 11 is 0. The highest BCUT2D eigenvalue weighted by Gasteiger charge is 2.53. The fourth-order valence-electron chi connectivity index (χ4n) is 3.11. The van der Waals surface area contributed by atoms with Crippen LogP contribution < -0.4 is 0 Å². The van der Waals surface area contributed by atoms with Crippen molar-refractivity contribution in [2.75, 3.05) is 39.8 Å². The summed E-state index contributed by atoms with van der Waals surface area (Å²) < 4.78 is 5.94. The second-order valence-electron chi connectivity index (χ2n) is 6.74. The highest BCUT2D eigenvalue weighted by atomic mass is 16.5. The molecule has 2 rings (SSSR count). The van der Waals surface area contributed by atoms with Crippen LogP contribution in [0.5, 0.6) is 0 Å². The summed E-state index contributed by atoms with van der Waals surface area (Å²) in [5.74, 6) is 0.252. The number of Topliss-reactive ketones (excluding diaryl/α,β-unsaturated/α-hetero) is 1. The maximum atomic E-state index is 12.4. The molecule has 1 atom stereocenters. The Morgan fingerprint density at radius 1 is 1.17 bits per heavy atom. The van der Waals surface area contributed by atoms with Gasteiger partial charge in [-0.2, -0.15) is 0 Å². The van der Waals surface area contributed by atoms with E-state index >= 15 is 0 Å². The first kappa shape index (κ1) is 14.0. The smallest absolute Gasteiger partial charge is 0.171 e. The van der Waals surface area contributed by atoms with Crippen molar-refractivity contribution >= 4 is 5.78 Å². The molecule has 0 N–H and O–H groups in total. The largest absolute Gasteiger partial charge is 0.361 e. The van der Waals surface area contributed by atoms with Crippen LogP contribution in [0.25, 0.3) is 0 Å². The van der Waals surface area contributed by atoms with Crippen LogP contribution >= 0.6 is 0 Å². The number of carbonyl (C=O) groups is 1. The molecule has 2 heterocycles. The fraction of sp³-hybridized carbons (Fsp3) is 0.929. The van der Waals surface area contributed by atoms with Gasteiger partial charge in [-0.15, -0.1) is 0 Å². The van der Waals surface area contributed by atoms with E-state index in [1.54, 1.807) is 0 Å². The molecule has 0 saturated carbocycles. The number of hydrogen-bond donors (Lipinski definition) is 0. The van der Waals surface area contributed by atoms with E-state index in [0.29, 0.717) is 0 Å². The quantitative estimate of drug-likeness (QED) is 0.736. The first-order valence-electron chi connectivity index (χ1n) is 6.88. The van der Waals surface area contributed by atoms with E-state index in [4.69, 9.17) is 4.74 Å². The standard InChI is InChI=1S/C14H26N2O2/c1-13(2)11(12(17)14(3,4)18-13)10-16-8-6-15(5)7-9-16/h11H,6-10H2,1-5H3. The number of nitrogens with zero attached hydrogens (tertiary/aromatic N) is 2. The van der Waals surface area contributed by atoms with Crippen LogP contribution in [0.15, 0.2) is 0 Å². The highest BCUT2D eigenvalue weighted by Crippen LogP contribution is 2.39. The third kappa shape index (κ3) is 2.60. The molecule has 2 aliphatic heterocycles. The van der Waals surface area contributed by atoms with E-state index in [0.717, 1.165) is 32.7 Å². The summed E-state index contributed by atoms with van der Waals surface area (Å²) in [4.78, 5) is 17.1. The molecule has 0 aromatic carbocycles. The predicted octanol–water partition coefficient (Wildman–Crippen LogP) is 1.01. The zero-order valence-electron chi connectivity index (χ0n) is 12.3. The van der Waals surface area contributed by atoms with Gasteiger partial charge >= 0.3 is 0 Å². The van der Waals surface area contributed by atoms with Crippen molar-refractivity contribution < 1.29 is 9.53 Å². The number of likely N-dealkylation sites (N-methyl/N-ethyl adjacent to an activating group) is 1. The van der Waals surface area contributed by atoms with Gasteiger partial charge in [0.1, 0.15) is 5.60 Å². The summed E-state index contributed by atoms with van der Waals surface area (Å²) in [6.07, 6.45) is 0. The van der Waals surface area contributed by atoms with Crippen molar-refractivity contribution in [3.8, 4) is 0 Å². The van der Waals surface area contributed by atoms with Crippen LogP contribution in [0.4, 0.5) is 0 Å². The summed E-state index contributed by atoms with van der Waals surface area (Å²) in [5.41, 5.74) is -0.968. The van der Waals surface area contributed by atoms with E-state index in [1.807, 2.05) is 27.7 Å². The van der Waals surface area contributed by atoms with Gasteiger partial charge in [0.2, 0.25) is 0 Å². The van der Waals surface area contributed by atoms with E-state index in [1.165, 1.54) is 0 Å². The summed E-state index contributed by atoms with van der Waals surface area (Å²) in [5, 5.41) is 0. The molecule has 0 spiro atoms. The number of ketones is 1. The van der Waals surface area contributed by atoms with Crippen LogP contribution in [0.1, 0.15) is 27.7 Å². The minimum atomic E-state index is -0.624. The Hall–Kier alpha value is -0.450. The molecule has 4 nitrogen and oxygen atoms in total. The molecule has 0 bridgehead atoms. The molecule has 18 heavy (non-hydrogen) atoms. The van der Waals surface area contributed by atoms with Gasteiger partial charge in [-0.1, -0.05) is 0 Å². The zero-order chi connectivity index (χ0) is 13.6. The lowest BCUT2D eigenvalue weighted by molar-refractivity contribution is -0.132. The molecule has 1 unspecified atom stereocenters. The van der Waals surface area contributed by atoms with Gasteiger partial charge in [-0.3, -0.25) is 9.69 Å². The maximum Gasteiger partial charge on any atom is 0.171 e. The van der Waals surface area contributed by atoms with E-state index in [2.05, 4.69) is 16.8 Å². The molecule has 4 heteroatoms. The lowest BCUT2D eigenvalue weighted by Gasteiger charge is -2.35. The van der Waals surface area contributed by atoms with Crippen molar-refractivity contribution in [1.82, 2.24) is 9.80 Å². The Labute approximate surface area is 110 Å². The molecule has 104 valence electrons. The number of piperazine rings is 1. The van der Waals surface area contributed by atoms with Gasteiger partial charge in [0.05, 0.1) is 11.5 Å². The number of ether oxygens (including phenoxy) is 1.